The van der Waals surface area contributed by atoms with Crippen LogP contribution in [0.15, 0.2) is 18.3 Å². The van der Waals surface area contributed by atoms with Gasteiger partial charge >= 0.3 is 0 Å². The van der Waals surface area contributed by atoms with Crippen molar-refractivity contribution in [2.45, 2.75) is 38.5 Å². The SMILES string of the molecule is Cl.Cl.O=C(CCC1CCNCC1)Nc1ccc(N2CCN(C(=O)C3CC3)CC2)nc1. The summed E-state index contributed by atoms with van der Waals surface area (Å²) in [4.78, 5) is 33.1. The van der Waals surface area contributed by atoms with E-state index in [-0.39, 0.29) is 30.7 Å². The lowest BCUT2D eigenvalue weighted by Crippen LogP contribution is -2.49. The van der Waals surface area contributed by atoms with Gasteiger partial charge in [-0.15, -0.1) is 24.8 Å². The average Bonchev–Trinajstić information content (AvgIpc) is 3.59. The molecule has 0 spiro atoms. The van der Waals surface area contributed by atoms with E-state index in [2.05, 4.69) is 20.5 Å². The van der Waals surface area contributed by atoms with E-state index in [0.717, 1.165) is 70.0 Å². The number of hydrogen-bond acceptors (Lipinski definition) is 5. The third-order valence-corrected chi connectivity index (χ3v) is 6.11. The first-order chi connectivity index (χ1) is 13.7. The van der Waals surface area contributed by atoms with Gasteiger partial charge in [0.25, 0.3) is 0 Å². The summed E-state index contributed by atoms with van der Waals surface area (Å²) in [5.41, 5.74) is 0.751. The third kappa shape index (κ3) is 6.72. The second kappa shape index (κ2) is 11.7. The number of piperidine rings is 1. The molecule has 30 heavy (non-hydrogen) atoms. The van der Waals surface area contributed by atoms with Crippen LogP contribution < -0.4 is 15.5 Å². The van der Waals surface area contributed by atoms with Crippen molar-refractivity contribution in [3.05, 3.63) is 18.3 Å². The predicted molar refractivity (Wildman–Crippen MR) is 124 cm³/mol. The summed E-state index contributed by atoms with van der Waals surface area (Å²) in [5, 5.41) is 6.32. The van der Waals surface area contributed by atoms with Gasteiger partial charge in [-0.25, -0.2) is 4.98 Å². The van der Waals surface area contributed by atoms with E-state index in [1.165, 1.54) is 12.8 Å². The van der Waals surface area contributed by atoms with Crippen LogP contribution in [0.1, 0.15) is 38.5 Å². The highest BCUT2D eigenvalue weighted by atomic mass is 35.5. The summed E-state index contributed by atoms with van der Waals surface area (Å²) >= 11 is 0. The molecule has 0 radical (unpaired) electrons. The molecule has 1 saturated carbocycles. The van der Waals surface area contributed by atoms with Gasteiger partial charge in [0.2, 0.25) is 11.8 Å². The minimum atomic E-state index is 0. The molecule has 1 aromatic rings. The molecule has 4 rings (SSSR count). The Kier molecular flexibility index (Phi) is 9.65. The summed E-state index contributed by atoms with van der Waals surface area (Å²) in [5.74, 6) is 2.27. The lowest BCUT2D eigenvalue weighted by Gasteiger charge is -2.35. The van der Waals surface area contributed by atoms with Crippen molar-refractivity contribution in [3.8, 4) is 0 Å². The second-order valence-electron chi connectivity index (χ2n) is 8.27. The molecule has 168 valence electrons. The Hall–Kier alpha value is -1.57. The highest BCUT2D eigenvalue weighted by Gasteiger charge is 2.34. The van der Waals surface area contributed by atoms with Crippen LogP contribution in [0.5, 0.6) is 0 Å². The summed E-state index contributed by atoms with van der Waals surface area (Å²) in [6.07, 6.45) is 7.73. The number of nitrogens with one attached hydrogen (secondary N) is 2. The lowest BCUT2D eigenvalue weighted by molar-refractivity contribution is -0.132. The van der Waals surface area contributed by atoms with E-state index < -0.39 is 0 Å². The molecule has 2 amide bonds. The Morgan fingerprint density at radius 3 is 2.33 bits per heavy atom. The van der Waals surface area contributed by atoms with E-state index in [4.69, 9.17) is 0 Å². The fraction of sp³-hybridized carbons (Fsp3) is 0.667. The number of carbonyl (C=O) groups is 2. The van der Waals surface area contributed by atoms with Gasteiger partial charge in [-0.3, -0.25) is 9.59 Å². The number of aromatic nitrogens is 1. The van der Waals surface area contributed by atoms with Crippen molar-refractivity contribution in [1.82, 2.24) is 15.2 Å². The van der Waals surface area contributed by atoms with Gasteiger partial charge in [-0.1, -0.05) is 0 Å². The van der Waals surface area contributed by atoms with Crippen LogP contribution in [-0.2, 0) is 9.59 Å². The summed E-state index contributed by atoms with van der Waals surface area (Å²) < 4.78 is 0. The Balaban J connectivity index is 0.00000160. The molecule has 7 nitrogen and oxygen atoms in total. The van der Waals surface area contributed by atoms with E-state index in [1.54, 1.807) is 6.20 Å². The molecule has 0 bridgehead atoms. The summed E-state index contributed by atoms with van der Waals surface area (Å²) in [6, 6.07) is 3.88. The molecule has 3 fully saturated rings. The highest BCUT2D eigenvalue weighted by molar-refractivity contribution is 5.90. The molecular formula is C21H33Cl2N5O2. The van der Waals surface area contributed by atoms with Crippen LogP contribution >= 0.6 is 24.8 Å². The fourth-order valence-corrected chi connectivity index (χ4v) is 4.12. The van der Waals surface area contributed by atoms with Gasteiger partial charge < -0.3 is 20.4 Å². The molecule has 3 heterocycles. The number of pyridine rings is 1. The van der Waals surface area contributed by atoms with Crippen LogP contribution in [-0.4, -0.2) is 61.0 Å². The molecule has 0 unspecified atom stereocenters. The zero-order valence-corrected chi connectivity index (χ0v) is 19.0. The van der Waals surface area contributed by atoms with Crippen molar-refractivity contribution in [2.24, 2.45) is 11.8 Å². The first kappa shape index (κ1) is 24.7. The summed E-state index contributed by atoms with van der Waals surface area (Å²) in [6.45, 7) is 5.31. The van der Waals surface area contributed by atoms with Crippen molar-refractivity contribution in [2.75, 3.05) is 49.5 Å². The molecule has 1 aliphatic carbocycles. The average molecular weight is 458 g/mol. The minimum Gasteiger partial charge on any atom is -0.353 e. The van der Waals surface area contributed by atoms with Crippen molar-refractivity contribution in [1.29, 1.82) is 0 Å². The second-order valence-corrected chi connectivity index (χ2v) is 8.27. The topological polar surface area (TPSA) is 77.6 Å². The molecule has 2 N–H and O–H groups in total. The van der Waals surface area contributed by atoms with E-state index in [1.807, 2.05) is 17.0 Å². The number of piperazine rings is 1. The number of halogens is 2. The monoisotopic (exact) mass is 457 g/mol. The van der Waals surface area contributed by atoms with E-state index in [9.17, 15) is 9.59 Å². The van der Waals surface area contributed by atoms with Crippen LogP contribution in [0.4, 0.5) is 11.5 Å². The van der Waals surface area contributed by atoms with Crippen LogP contribution in [0.25, 0.3) is 0 Å². The molecule has 2 aliphatic heterocycles. The molecule has 2 saturated heterocycles. The first-order valence-corrected chi connectivity index (χ1v) is 10.7. The molecule has 3 aliphatic rings. The number of rotatable bonds is 6. The van der Waals surface area contributed by atoms with Gasteiger partial charge in [0.15, 0.2) is 0 Å². The van der Waals surface area contributed by atoms with Crippen LogP contribution in [0.3, 0.4) is 0 Å². The highest BCUT2D eigenvalue weighted by Crippen LogP contribution is 2.31. The number of nitrogens with zero attached hydrogens (tertiary/aromatic N) is 3. The van der Waals surface area contributed by atoms with Crippen molar-refractivity contribution >= 4 is 48.1 Å². The minimum absolute atomic E-state index is 0. The van der Waals surface area contributed by atoms with Gasteiger partial charge in [0.05, 0.1) is 11.9 Å². The molecular weight excluding hydrogens is 425 g/mol. The van der Waals surface area contributed by atoms with Crippen LogP contribution in [0, 0.1) is 11.8 Å². The van der Waals surface area contributed by atoms with E-state index >= 15 is 0 Å². The molecule has 0 aromatic carbocycles. The van der Waals surface area contributed by atoms with Gasteiger partial charge in [-0.05, 0) is 63.2 Å². The first-order valence-electron chi connectivity index (χ1n) is 10.7. The molecule has 9 heteroatoms. The zero-order valence-electron chi connectivity index (χ0n) is 17.3. The van der Waals surface area contributed by atoms with Gasteiger partial charge in [0, 0.05) is 38.5 Å². The number of hydrogen-bond donors (Lipinski definition) is 2. The maximum atomic E-state index is 12.2. The molecule has 1 aromatic heterocycles. The maximum Gasteiger partial charge on any atom is 0.225 e. The van der Waals surface area contributed by atoms with Crippen molar-refractivity contribution < 1.29 is 9.59 Å². The quantitative estimate of drug-likeness (QED) is 0.686. The summed E-state index contributed by atoms with van der Waals surface area (Å²) in [7, 11) is 0. The predicted octanol–water partition coefficient (Wildman–Crippen LogP) is 2.70. The zero-order chi connectivity index (χ0) is 19.3. The molecule has 0 atom stereocenters. The fourth-order valence-electron chi connectivity index (χ4n) is 4.12. The largest absolute Gasteiger partial charge is 0.353 e. The normalized spacial score (nSPS) is 19.5. The Bertz CT molecular complexity index is 685. The Labute approximate surface area is 191 Å². The van der Waals surface area contributed by atoms with Crippen molar-refractivity contribution in [3.63, 3.8) is 0 Å². The van der Waals surface area contributed by atoms with E-state index in [0.29, 0.717) is 24.2 Å². The number of carbonyl (C=O) groups excluding carboxylic acids is 2. The number of amides is 2. The smallest absolute Gasteiger partial charge is 0.225 e. The lowest BCUT2D eigenvalue weighted by atomic mass is 9.93. The van der Waals surface area contributed by atoms with Crippen LogP contribution in [0.2, 0.25) is 0 Å². The Morgan fingerprint density at radius 2 is 1.73 bits per heavy atom. The van der Waals surface area contributed by atoms with Gasteiger partial charge in [0.1, 0.15) is 5.82 Å². The maximum absolute atomic E-state index is 12.2. The Morgan fingerprint density at radius 1 is 1.03 bits per heavy atom. The third-order valence-electron chi connectivity index (χ3n) is 6.11. The number of anilines is 2. The van der Waals surface area contributed by atoms with Gasteiger partial charge in [-0.2, -0.15) is 0 Å². The standard InChI is InChI=1S/C21H31N5O2.2ClH/c27-20(6-1-16-7-9-22-10-8-16)24-18-4-5-19(23-15-18)25-11-13-26(14-12-25)21(28)17-2-3-17;;/h4-5,15-17,22H,1-3,6-14H2,(H,24,27);2*1H.